The minimum atomic E-state index is -1.78. The maximum absolute atomic E-state index is 13.1. The minimum Gasteiger partial charge on any atom is -0.493 e. The molecule has 0 amide bonds. The van der Waals surface area contributed by atoms with Crippen LogP contribution in [0.3, 0.4) is 0 Å². The van der Waals surface area contributed by atoms with E-state index in [2.05, 4.69) is 15.0 Å². The molecule has 0 fully saturated rings. The van der Waals surface area contributed by atoms with Gasteiger partial charge in [0.25, 0.3) is 0 Å². The van der Waals surface area contributed by atoms with E-state index in [-0.39, 0.29) is 11.9 Å². The number of terminal acetylenes is 1. The molecule has 8 heteroatoms. The number of pyridine rings is 1. The van der Waals surface area contributed by atoms with E-state index in [4.69, 9.17) is 15.9 Å². The number of benzene rings is 2. The molecule has 0 aliphatic heterocycles. The first-order valence-electron chi connectivity index (χ1n) is 9.23. The smallest absolute Gasteiger partial charge is 0.325 e. The molecule has 0 spiro atoms. The standard InChI is InChI=1S/C23H17FN4O3/c1-3-21(24)30-17-8-4-15(5-9-17)28(2)16-6-10-18(11-7-16)31-23-26-20-14-25-13-12-19(20)22(29)27-23/h1,4-14,21H,2H3,(H,26,27,29). The molecule has 0 bridgehead atoms. The Morgan fingerprint density at radius 2 is 1.65 bits per heavy atom. The Kier molecular flexibility index (Phi) is 5.49. The maximum Gasteiger partial charge on any atom is 0.325 e. The van der Waals surface area contributed by atoms with E-state index in [0.29, 0.717) is 22.4 Å². The van der Waals surface area contributed by atoms with Gasteiger partial charge in [-0.2, -0.15) is 14.4 Å². The number of rotatable bonds is 6. The number of halogens is 1. The Bertz CT molecular complexity index is 1240. The summed E-state index contributed by atoms with van der Waals surface area (Å²) < 4.78 is 23.7. The average Bonchev–Trinajstić information content (AvgIpc) is 2.79. The summed E-state index contributed by atoms with van der Waals surface area (Å²) in [7, 11) is 1.89. The number of aromatic nitrogens is 3. The van der Waals surface area contributed by atoms with Crippen LogP contribution in [-0.4, -0.2) is 33.5 Å². The minimum absolute atomic E-state index is 0.0211. The Balaban J connectivity index is 1.47. The summed E-state index contributed by atoms with van der Waals surface area (Å²) in [6, 6.07) is 15.8. The van der Waals surface area contributed by atoms with Crippen molar-refractivity contribution in [2.24, 2.45) is 0 Å². The number of alkyl halides is 1. The number of fused-ring (bicyclic) bond motifs is 1. The summed E-state index contributed by atoms with van der Waals surface area (Å²) in [6.45, 7) is 0. The Labute approximate surface area is 177 Å². The maximum atomic E-state index is 13.1. The average molecular weight is 416 g/mol. The van der Waals surface area contributed by atoms with Gasteiger partial charge in [-0.05, 0) is 60.5 Å². The van der Waals surface area contributed by atoms with Gasteiger partial charge in [-0.1, -0.05) is 0 Å². The lowest BCUT2D eigenvalue weighted by molar-refractivity contribution is 0.123. The fourth-order valence-corrected chi connectivity index (χ4v) is 2.88. The van der Waals surface area contributed by atoms with Crippen molar-refractivity contribution in [2.75, 3.05) is 11.9 Å². The molecule has 1 atom stereocenters. The van der Waals surface area contributed by atoms with Crippen LogP contribution >= 0.6 is 0 Å². The number of hydrogen-bond acceptors (Lipinski definition) is 7. The van der Waals surface area contributed by atoms with Gasteiger partial charge in [0.1, 0.15) is 11.5 Å². The molecule has 7 nitrogen and oxygen atoms in total. The zero-order valence-corrected chi connectivity index (χ0v) is 16.4. The van der Waals surface area contributed by atoms with Crippen LogP contribution in [0, 0.1) is 12.3 Å². The molecule has 0 aliphatic rings. The number of ether oxygens (including phenoxy) is 2. The first-order chi connectivity index (χ1) is 15.0. The number of hydrogen-bond donors (Lipinski definition) is 1. The Morgan fingerprint density at radius 3 is 2.29 bits per heavy atom. The van der Waals surface area contributed by atoms with Crippen molar-refractivity contribution < 1.29 is 19.0 Å². The largest absolute Gasteiger partial charge is 0.493 e. The molecule has 4 aromatic rings. The van der Waals surface area contributed by atoms with Gasteiger partial charge in [-0.25, -0.2) is 0 Å². The van der Waals surface area contributed by atoms with Crippen molar-refractivity contribution in [3.8, 4) is 35.7 Å². The fourth-order valence-electron chi connectivity index (χ4n) is 2.88. The van der Waals surface area contributed by atoms with Crippen LogP contribution in [0.1, 0.15) is 0 Å². The molecule has 2 heterocycles. The Hall–Kier alpha value is -4.38. The summed E-state index contributed by atoms with van der Waals surface area (Å²) in [5, 5.41) is 10.5. The second-order valence-electron chi connectivity index (χ2n) is 6.47. The summed E-state index contributed by atoms with van der Waals surface area (Å²) in [5.41, 5.74) is 2.24. The van der Waals surface area contributed by atoms with Gasteiger partial charge >= 0.3 is 12.4 Å². The third-order valence-electron chi connectivity index (χ3n) is 4.49. The summed E-state index contributed by atoms with van der Waals surface area (Å²) >= 11 is 0. The quantitative estimate of drug-likeness (QED) is 0.460. The molecule has 0 saturated heterocycles. The number of anilines is 2. The second-order valence-corrected chi connectivity index (χ2v) is 6.47. The third kappa shape index (κ3) is 4.46. The molecule has 1 N–H and O–H groups in total. The zero-order valence-electron chi connectivity index (χ0n) is 16.4. The Morgan fingerprint density at radius 1 is 1.00 bits per heavy atom. The molecule has 0 aliphatic carbocycles. The summed E-state index contributed by atoms with van der Waals surface area (Å²) in [6.07, 6.45) is 6.28. The zero-order chi connectivity index (χ0) is 21.8. The highest BCUT2D eigenvalue weighted by Crippen LogP contribution is 2.30. The van der Waals surface area contributed by atoms with Crippen molar-refractivity contribution >= 4 is 22.3 Å². The fraction of sp³-hybridized carbons (Fsp3) is 0.0870. The molecule has 154 valence electrons. The van der Waals surface area contributed by atoms with Crippen LogP contribution in [0.15, 0.2) is 67.0 Å². The van der Waals surface area contributed by atoms with Crippen molar-refractivity contribution in [3.05, 3.63) is 67.0 Å². The molecule has 2 aromatic heterocycles. The van der Waals surface area contributed by atoms with Crippen molar-refractivity contribution in [2.45, 2.75) is 6.36 Å². The van der Waals surface area contributed by atoms with Crippen LogP contribution in [0.4, 0.5) is 15.8 Å². The second kappa shape index (κ2) is 8.55. The highest BCUT2D eigenvalue weighted by Gasteiger charge is 2.10. The highest BCUT2D eigenvalue weighted by molar-refractivity contribution is 5.82. The molecular weight excluding hydrogens is 399 g/mol. The van der Waals surface area contributed by atoms with Gasteiger partial charge in [0, 0.05) is 24.6 Å². The van der Waals surface area contributed by atoms with Gasteiger partial charge < -0.3 is 19.5 Å². The SMILES string of the molecule is C#CC(F)Oc1ccc(N(C)c2ccc(Oc3nc(O)c4ccncc4n3)cc2)cc1. The number of aromatic hydroxyl groups is 1. The molecule has 2 aromatic carbocycles. The molecule has 0 saturated carbocycles. The van der Waals surface area contributed by atoms with E-state index in [1.165, 1.54) is 6.20 Å². The topological polar surface area (TPSA) is 80.6 Å². The van der Waals surface area contributed by atoms with E-state index in [1.54, 1.807) is 48.7 Å². The normalized spacial score (nSPS) is 11.5. The van der Waals surface area contributed by atoms with E-state index < -0.39 is 6.36 Å². The predicted molar refractivity (Wildman–Crippen MR) is 114 cm³/mol. The van der Waals surface area contributed by atoms with E-state index in [0.717, 1.165) is 11.4 Å². The van der Waals surface area contributed by atoms with Crippen LogP contribution in [0.2, 0.25) is 0 Å². The van der Waals surface area contributed by atoms with Crippen LogP contribution in [0.25, 0.3) is 10.9 Å². The lowest BCUT2D eigenvalue weighted by Gasteiger charge is -2.20. The summed E-state index contributed by atoms with van der Waals surface area (Å²) in [4.78, 5) is 14.1. The van der Waals surface area contributed by atoms with Gasteiger partial charge in [0.2, 0.25) is 5.88 Å². The third-order valence-corrected chi connectivity index (χ3v) is 4.49. The predicted octanol–water partition coefficient (Wildman–Crippen LogP) is 4.60. The van der Waals surface area contributed by atoms with Gasteiger partial charge in [0.05, 0.1) is 17.1 Å². The molecule has 1 unspecified atom stereocenters. The monoisotopic (exact) mass is 416 g/mol. The van der Waals surface area contributed by atoms with Crippen molar-refractivity contribution in [3.63, 3.8) is 0 Å². The molecule has 31 heavy (non-hydrogen) atoms. The van der Waals surface area contributed by atoms with Gasteiger partial charge in [-0.3, -0.25) is 4.98 Å². The van der Waals surface area contributed by atoms with Gasteiger partial charge in [0.15, 0.2) is 0 Å². The first kappa shape index (κ1) is 19.9. The van der Waals surface area contributed by atoms with Crippen molar-refractivity contribution in [1.82, 2.24) is 15.0 Å². The number of nitrogens with zero attached hydrogens (tertiary/aromatic N) is 4. The molecular formula is C23H17FN4O3. The summed E-state index contributed by atoms with van der Waals surface area (Å²) in [5.74, 6) is 2.55. The van der Waals surface area contributed by atoms with E-state index >= 15 is 0 Å². The highest BCUT2D eigenvalue weighted by atomic mass is 19.1. The lowest BCUT2D eigenvalue weighted by Crippen LogP contribution is -2.10. The molecule has 0 radical (unpaired) electrons. The van der Waals surface area contributed by atoms with Crippen molar-refractivity contribution in [1.29, 1.82) is 0 Å². The first-order valence-corrected chi connectivity index (χ1v) is 9.23. The van der Waals surface area contributed by atoms with E-state index in [1.807, 2.05) is 30.0 Å². The van der Waals surface area contributed by atoms with Crippen LogP contribution in [0.5, 0.6) is 23.4 Å². The molecule has 4 rings (SSSR count). The van der Waals surface area contributed by atoms with Crippen LogP contribution in [-0.2, 0) is 0 Å². The van der Waals surface area contributed by atoms with Gasteiger partial charge in [-0.15, -0.1) is 6.42 Å². The van der Waals surface area contributed by atoms with Crippen LogP contribution < -0.4 is 14.4 Å². The van der Waals surface area contributed by atoms with E-state index in [9.17, 15) is 9.50 Å². The lowest BCUT2D eigenvalue weighted by atomic mass is 10.2.